The first kappa shape index (κ1) is 13.2. The van der Waals surface area contributed by atoms with Crippen molar-refractivity contribution in [1.82, 2.24) is 0 Å². The van der Waals surface area contributed by atoms with E-state index in [0.717, 1.165) is 31.5 Å². The van der Waals surface area contributed by atoms with Crippen LogP contribution in [0.3, 0.4) is 0 Å². The van der Waals surface area contributed by atoms with E-state index in [1.807, 2.05) is 17.8 Å². The summed E-state index contributed by atoms with van der Waals surface area (Å²) < 4.78 is 0. The lowest BCUT2D eigenvalue weighted by molar-refractivity contribution is 0.164. The van der Waals surface area contributed by atoms with Gasteiger partial charge in [0.15, 0.2) is 0 Å². The van der Waals surface area contributed by atoms with Gasteiger partial charge in [-0.1, -0.05) is 36.4 Å². The predicted molar refractivity (Wildman–Crippen MR) is 88.0 cm³/mol. The summed E-state index contributed by atoms with van der Waals surface area (Å²) in [6.45, 7) is 2.01. The molecule has 0 fully saturated rings. The third-order valence-electron chi connectivity index (χ3n) is 4.45. The van der Waals surface area contributed by atoms with Crippen LogP contribution in [0.2, 0.25) is 0 Å². The lowest BCUT2D eigenvalue weighted by Gasteiger charge is -2.35. The van der Waals surface area contributed by atoms with Crippen molar-refractivity contribution in [3.05, 3.63) is 59.7 Å². The maximum Gasteiger partial charge on any atom is 0.0826 e. The van der Waals surface area contributed by atoms with E-state index >= 15 is 0 Å². The van der Waals surface area contributed by atoms with Crippen LogP contribution in [0, 0.1) is 0 Å². The Morgan fingerprint density at radius 2 is 1.90 bits per heavy atom. The van der Waals surface area contributed by atoms with Gasteiger partial charge >= 0.3 is 0 Å². The van der Waals surface area contributed by atoms with E-state index in [1.165, 1.54) is 16.1 Å². The fraction of sp³-hybridized carbons (Fsp3) is 0.333. The Morgan fingerprint density at radius 1 is 1.10 bits per heavy atom. The first-order valence-electron chi connectivity index (χ1n) is 7.58. The van der Waals surface area contributed by atoms with Crippen molar-refractivity contribution in [2.45, 2.75) is 29.1 Å². The molecule has 0 amide bonds. The third-order valence-corrected chi connectivity index (χ3v) is 5.75. The molecule has 1 N–H and O–H groups in total. The van der Waals surface area contributed by atoms with Crippen molar-refractivity contribution in [3.63, 3.8) is 0 Å². The molecule has 4 rings (SSSR count). The Bertz CT molecular complexity index is 632. The minimum atomic E-state index is -0.300. The average molecular weight is 297 g/mol. The van der Waals surface area contributed by atoms with Gasteiger partial charge in [0.2, 0.25) is 0 Å². The van der Waals surface area contributed by atoms with Gasteiger partial charge in [-0.2, -0.15) is 0 Å². The molecule has 2 aliphatic heterocycles. The average Bonchev–Trinajstić information content (AvgIpc) is 2.93. The van der Waals surface area contributed by atoms with E-state index < -0.39 is 0 Å². The molecule has 0 aliphatic carbocycles. The van der Waals surface area contributed by atoms with Crippen molar-refractivity contribution >= 4 is 17.4 Å². The van der Waals surface area contributed by atoms with E-state index in [1.54, 1.807) is 0 Å². The zero-order valence-corrected chi connectivity index (χ0v) is 12.7. The second-order valence-corrected chi connectivity index (χ2v) is 7.20. The Labute approximate surface area is 129 Å². The molecule has 2 aromatic carbocycles. The maximum atomic E-state index is 10.2. The van der Waals surface area contributed by atoms with Crippen molar-refractivity contribution in [1.29, 1.82) is 0 Å². The van der Waals surface area contributed by atoms with Gasteiger partial charge in [-0.15, -0.1) is 11.8 Å². The minimum absolute atomic E-state index is 0.300. The summed E-state index contributed by atoms with van der Waals surface area (Å²) in [6.07, 6.45) is 1.69. The summed E-state index contributed by atoms with van der Waals surface area (Å²) in [5.41, 5.74) is 3.79. The number of aliphatic hydroxyl groups excluding tert-OH is 1. The summed E-state index contributed by atoms with van der Waals surface area (Å²) in [6, 6.07) is 17.0. The molecule has 0 saturated carbocycles. The number of anilines is 1. The fourth-order valence-electron chi connectivity index (χ4n) is 3.40. The third kappa shape index (κ3) is 2.45. The molecule has 2 aromatic rings. The highest BCUT2D eigenvalue weighted by Crippen LogP contribution is 2.39. The number of benzene rings is 2. The number of para-hydroxylation sites is 1. The largest absolute Gasteiger partial charge is 0.388 e. The van der Waals surface area contributed by atoms with Gasteiger partial charge in [-0.05, 0) is 30.5 Å². The normalized spacial score (nSPS) is 23.8. The van der Waals surface area contributed by atoms with Crippen molar-refractivity contribution in [2.24, 2.45) is 0 Å². The standard InChI is InChI=1S/C18H19NOS/c20-17-9-10-19(16-7-3-2-6-15(16)17)12-14-11-13-5-1-4-8-18(13)21-14/h1-8,14,17,20H,9-12H2. The summed E-state index contributed by atoms with van der Waals surface area (Å²) in [5.74, 6) is 0. The highest BCUT2D eigenvalue weighted by atomic mass is 32.2. The number of hydrogen-bond donors (Lipinski definition) is 1. The smallest absolute Gasteiger partial charge is 0.0826 e. The molecule has 2 aliphatic rings. The summed E-state index contributed by atoms with van der Waals surface area (Å²) >= 11 is 2.00. The van der Waals surface area contributed by atoms with Crippen LogP contribution < -0.4 is 4.90 Å². The van der Waals surface area contributed by atoms with Gasteiger partial charge in [-0.25, -0.2) is 0 Å². The molecule has 0 radical (unpaired) electrons. The van der Waals surface area contributed by atoms with Gasteiger partial charge in [-0.3, -0.25) is 0 Å². The first-order chi connectivity index (χ1) is 10.3. The van der Waals surface area contributed by atoms with Crippen LogP contribution in [0.4, 0.5) is 5.69 Å². The zero-order valence-electron chi connectivity index (χ0n) is 11.9. The molecule has 0 saturated heterocycles. The van der Waals surface area contributed by atoms with E-state index in [0.29, 0.717) is 5.25 Å². The monoisotopic (exact) mass is 297 g/mol. The Balaban J connectivity index is 1.53. The topological polar surface area (TPSA) is 23.5 Å². The van der Waals surface area contributed by atoms with Crippen LogP contribution in [0.15, 0.2) is 53.4 Å². The minimum Gasteiger partial charge on any atom is -0.388 e. The fourth-order valence-corrected chi connectivity index (χ4v) is 4.74. The molecule has 0 aromatic heterocycles. The Morgan fingerprint density at radius 3 is 2.81 bits per heavy atom. The van der Waals surface area contributed by atoms with E-state index in [9.17, 15) is 5.11 Å². The van der Waals surface area contributed by atoms with Crippen LogP contribution in [0.5, 0.6) is 0 Å². The Hall–Kier alpha value is -1.45. The second kappa shape index (κ2) is 5.39. The van der Waals surface area contributed by atoms with Gasteiger partial charge in [0.05, 0.1) is 6.10 Å². The molecule has 3 heteroatoms. The number of nitrogens with zero attached hydrogens (tertiary/aromatic N) is 1. The van der Waals surface area contributed by atoms with Crippen molar-refractivity contribution in [2.75, 3.05) is 18.0 Å². The van der Waals surface area contributed by atoms with Crippen LogP contribution >= 0.6 is 11.8 Å². The summed E-state index contributed by atoms with van der Waals surface area (Å²) in [5, 5.41) is 10.8. The van der Waals surface area contributed by atoms with Gasteiger partial charge < -0.3 is 10.0 Å². The quantitative estimate of drug-likeness (QED) is 0.915. The number of thioether (sulfide) groups is 1. The molecule has 0 bridgehead atoms. The van der Waals surface area contributed by atoms with E-state index in [4.69, 9.17) is 0 Å². The van der Waals surface area contributed by atoms with Crippen LogP contribution in [-0.4, -0.2) is 23.4 Å². The molecule has 108 valence electrons. The molecule has 2 heterocycles. The predicted octanol–water partition coefficient (Wildman–Crippen LogP) is 3.65. The molecule has 2 nitrogen and oxygen atoms in total. The molecular formula is C18H19NOS. The molecule has 2 unspecified atom stereocenters. The number of rotatable bonds is 2. The number of hydrogen-bond acceptors (Lipinski definition) is 3. The van der Waals surface area contributed by atoms with Crippen LogP contribution in [0.1, 0.15) is 23.7 Å². The zero-order chi connectivity index (χ0) is 14.2. The molecule has 2 atom stereocenters. The maximum absolute atomic E-state index is 10.2. The van der Waals surface area contributed by atoms with Crippen LogP contribution in [-0.2, 0) is 6.42 Å². The highest BCUT2D eigenvalue weighted by molar-refractivity contribution is 8.00. The summed E-state index contributed by atoms with van der Waals surface area (Å²) in [4.78, 5) is 3.89. The number of fused-ring (bicyclic) bond motifs is 2. The summed E-state index contributed by atoms with van der Waals surface area (Å²) in [7, 11) is 0. The Kier molecular flexibility index (Phi) is 3.40. The highest BCUT2D eigenvalue weighted by Gasteiger charge is 2.28. The van der Waals surface area contributed by atoms with Crippen molar-refractivity contribution in [3.8, 4) is 0 Å². The van der Waals surface area contributed by atoms with Crippen LogP contribution in [0.25, 0.3) is 0 Å². The lowest BCUT2D eigenvalue weighted by atomic mass is 9.98. The molecule has 21 heavy (non-hydrogen) atoms. The van der Waals surface area contributed by atoms with Gasteiger partial charge in [0.1, 0.15) is 0 Å². The van der Waals surface area contributed by atoms with Crippen molar-refractivity contribution < 1.29 is 5.11 Å². The SMILES string of the molecule is OC1CCN(CC2Cc3ccccc3S2)c2ccccc21. The lowest BCUT2D eigenvalue weighted by Crippen LogP contribution is -2.36. The molecular weight excluding hydrogens is 278 g/mol. The van der Waals surface area contributed by atoms with Gasteiger partial charge in [0.25, 0.3) is 0 Å². The second-order valence-electron chi connectivity index (χ2n) is 5.86. The van der Waals surface area contributed by atoms with E-state index in [2.05, 4.69) is 47.4 Å². The first-order valence-corrected chi connectivity index (χ1v) is 8.46. The number of aliphatic hydroxyl groups is 1. The molecule has 0 spiro atoms. The van der Waals surface area contributed by atoms with E-state index in [-0.39, 0.29) is 6.10 Å². The van der Waals surface area contributed by atoms with Gasteiger partial charge in [0, 0.05) is 34.5 Å².